The van der Waals surface area contributed by atoms with Crippen molar-refractivity contribution in [1.82, 2.24) is 5.32 Å². The zero-order chi connectivity index (χ0) is 44.4. The van der Waals surface area contributed by atoms with Crippen molar-refractivity contribution in [3.05, 3.63) is 48.6 Å². The maximum Gasteiger partial charge on any atom is 0.305 e. The van der Waals surface area contributed by atoms with Gasteiger partial charge in [0.05, 0.1) is 25.4 Å². The van der Waals surface area contributed by atoms with Gasteiger partial charge in [-0.25, -0.2) is 0 Å². The molecule has 0 bridgehead atoms. The van der Waals surface area contributed by atoms with Crippen LogP contribution in [-0.4, -0.2) is 47.4 Å². The lowest BCUT2D eigenvalue weighted by molar-refractivity contribution is -0.143. The van der Waals surface area contributed by atoms with Gasteiger partial charge in [0.15, 0.2) is 0 Å². The van der Waals surface area contributed by atoms with Crippen molar-refractivity contribution in [3.8, 4) is 0 Å². The van der Waals surface area contributed by atoms with Crippen LogP contribution in [-0.2, 0) is 14.3 Å². The molecule has 356 valence electrons. The number of carbonyl (C=O) groups is 2. The molecular formula is C55H101NO5. The maximum atomic E-state index is 12.4. The van der Waals surface area contributed by atoms with E-state index >= 15 is 0 Å². The highest BCUT2D eigenvalue weighted by molar-refractivity contribution is 5.76. The lowest BCUT2D eigenvalue weighted by atomic mass is 10.0. The molecule has 0 aliphatic rings. The monoisotopic (exact) mass is 856 g/mol. The molecule has 0 aromatic carbocycles. The lowest BCUT2D eigenvalue weighted by Gasteiger charge is -2.20. The second-order valence-electron chi connectivity index (χ2n) is 17.8. The molecule has 0 aromatic heterocycles. The molecule has 6 heteroatoms. The van der Waals surface area contributed by atoms with Crippen LogP contribution in [0, 0.1) is 0 Å². The topological polar surface area (TPSA) is 95.9 Å². The minimum absolute atomic E-state index is 0.0403. The molecule has 61 heavy (non-hydrogen) atoms. The average Bonchev–Trinajstić information content (AvgIpc) is 3.26. The van der Waals surface area contributed by atoms with Crippen molar-refractivity contribution in [2.24, 2.45) is 0 Å². The van der Waals surface area contributed by atoms with Gasteiger partial charge in [0.25, 0.3) is 0 Å². The van der Waals surface area contributed by atoms with Crippen LogP contribution in [0.3, 0.4) is 0 Å². The highest BCUT2D eigenvalue weighted by Crippen LogP contribution is 2.15. The van der Waals surface area contributed by atoms with Gasteiger partial charge in [-0.1, -0.05) is 210 Å². The molecule has 6 nitrogen and oxygen atoms in total. The molecule has 0 radical (unpaired) electrons. The Balaban J connectivity index is 3.57. The number of unbranched alkanes of at least 4 members (excludes halogenated alkanes) is 31. The Kier molecular flexibility index (Phi) is 48.7. The summed E-state index contributed by atoms with van der Waals surface area (Å²) in [4.78, 5) is 24.4. The van der Waals surface area contributed by atoms with E-state index in [4.69, 9.17) is 4.74 Å². The number of nitrogens with one attached hydrogen (secondary N) is 1. The first-order valence-corrected chi connectivity index (χ1v) is 26.4. The van der Waals surface area contributed by atoms with E-state index in [0.717, 1.165) is 103 Å². The maximum absolute atomic E-state index is 12.4. The Morgan fingerprint density at radius 2 is 0.852 bits per heavy atom. The largest absolute Gasteiger partial charge is 0.466 e. The molecule has 0 aromatic rings. The third-order valence-corrected chi connectivity index (χ3v) is 11.8. The van der Waals surface area contributed by atoms with Gasteiger partial charge >= 0.3 is 5.97 Å². The lowest BCUT2D eigenvalue weighted by Crippen LogP contribution is -2.45. The van der Waals surface area contributed by atoms with E-state index in [0.29, 0.717) is 19.4 Å². The third-order valence-electron chi connectivity index (χ3n) is 11.8. The van der Waals surface area contributed by atoms with Crippen LogP contribution in [0.15, 0.2) is 48.6 Å². The standard InChI is InChI=1S/C55H101NO5/c1-3-5-7-9-11-13-15-17-18-19-20-21-22-24-27-31-35-39-43-47-53(58)52(51-57)56-54(59)48-44-40-36-32-28-25-26-30-34-38-42-46-50-61-55(60)49-45-41-37-33-29-23-16-14-12-10-8-6-4-2/h8,10,14,16,26,30,43,47,52-53,57-58H,3-7,9,11-13,15,17-25,27-29,31-42,44-46,48-51H2,1-2H3,(H,56,59)/b10-8-,16-14-,30-26-,47-43+. The first-order chi connectivity index (χ1) is 30.0. The minimum Gasteiger partial charge on any atom is -0.466 e. The van der Waals surface area contributed by atoms with Crippen LogP contribution in [0.4, 0.5) is 0 Å². The van der Waals surface area contributed by atoms with Crippen LogP contribution in [0.1, 0.15) is 264 Å². The molecule has 1 amide bonds. The molecule has 0 saturated heterocycles. The summed E-state index contributed by atoms with van der Waals surface area (Å²) >= 11 is 0. The zero-order valence-corrected chi connectivity index (χ0v) is 40.4. The van der Waals surface area contributed by atoms with Crippen molar-refractivity contribution < 1.29 is 24.5 Å². The number of aliphatic hydroxyl groups is 2. The van der Waals surface area contributed by atoms with E-state index in [1.807, 2.05) is 6.08 Å². The van der Waals surface area contributed by atoms with Gasteiger partial charge in [0, 0.05) is 12.8 Å². The Morgan fingerprint density at radius 1 is 0.459 bits per heavy atom. The summed E-state index contributed by atoms with van der Waals surface area (Å²) < 4.78 is 5.43. The Bertz CT molecular complexity index is 1040. The average molecular weight is 856 g/mol. The fourth-order valence-corrected chi connectivity index (χ4v) is 7.72. The van der Waals surface area contributed by atoms with Crippen LogP contribution in [0.5, 0.6) is 0 Å². The van der Waals surface area contributed by atoms with Gasteiger partial charge < -0.3 is 20.3 Å². The summed E-state index contributed by atoms with van der Waals surface area (Å²) in [5.74, 6) is -0.135. The Morgan fingerprint density at radius 3 is 1.33 bits per heavy atom. The molecule has 0 fully saturated rings. The molecule has 2 atom stereocenters. The smallest absolute Gasteiger partial charge is 0.305 e. The van der Waals surface area contributed by atoms with Gasteiger partial charge in [0.2, 0.25) is 5.91 Å². The number of ether oxygens (including phenoxy) is 1. The van der Waals surface area contributed by atoms with Gasteiger partial charge in [-0.2, -0.15) is 0 Å². The summed E-state index contributed by atoms with van der Waals surface area (Å²) in [5.41, 5.74) is 0. The van der Waals surface area contributed by atoms with E-state index < -0.39 is 12.1 Å². The normalized spacial score (nSPS) is 13.0. The van der Waals surface area contributed by atoms with Crippen molar-refractivity contribution >= 4 is 11.9 Å². The van der Waals surface area contributed by atoms with E-state index in [-0.39, 0.29) is 18.5 Å². The quantitative estimate of drug-likeness (QED) is 0.0322. The summed E-state index contributed by atoms with van der Waals surface area (Å²) in [7, 11) is 0. The van der Waals surface area contributed by atoms with Crippen molar-refractivity contribution in [2.75, 3.05) is 13.2 Å². The number of hydrogen-bond acceptors (Lipinski definition) is 5. The molecule has 0 rings (SSSR count). The summed E-state index contributed by atoms with van der Waals surface area (Å²) in [6, 6.07) is -0.648. The second kappa shape index (κ2) is 50.5. The number of allylic oxidation sites excluding steroid dienone is 7. The molecular weight excluding hydrogens is 755 g/mol. The number of rotatable bonds is 48. The molecule has 0 spiro atoms. The second-order valence-corrected chi connectivity index (χ2v) is 17.8. The predicted molar refractivity (Wildman–Crippen MR) is 264 cm³/mol. The van der Waals surface area contributed by atoms with Crippen LogP contribution in [0.25, 0.3) is 0 Å². The molecule has 0 heterocycles. The summed E-state index contributed by atoms with van der Waals surface area (Å²) in [5, 5.41) is 23.1. The molecule has 0 saturated carbocycles. The molecule has 0 aliphatic heterocycles. The minimum atomic E-state index is -0.862. The van der Waals surface area contributed by atoms with Crippen LogP contribution >= 0.6 is 0 Å². The van der Waals surface area contributed by atoms with Crippen molar-refractivity contribution in [1.29, 1.82) is 0 Å². The number of hydrogen-bond donors (Lipinski definition) is 3. The molecule has 3 N–H and O–H groups in total. The van der Waals surface area contributed by atoms with E-state index in [9.17, 15) is 19.8 Å². The number of amides is 1. The SMILES string of the molecule is CCC/C=C\C/C=C\CCCCCCCC(=O)OCCCCC/C=C\CCCCCCCC(=O)NC(CO)C(O)/C=C/CCCCCCCCCCCCCCCCCCC. The highest BCUT2D eigenvalue weighted by Gasteiger charge is 2.18. The summed E-state index contributed by atoms with van der Waals surface area (Å²) in [6.45, 7) is 4.77. The van der Waals surface area contributed by atoms with Crippen LogP contribution < -0.4 is 5.32 Å². The molecule has 2 unspecified atom stereocenters. The third kappa shape index (κ3) is 47.1. The van der Waals surface area contributed by atoms with Gasteiger partial charge in [-0.05, 0) is 89.9 Å². The number of carbonyl (C=O) groups excluding carboxylic acids is 2. The van der Waals surface area contributed by atoms with Gasteiger partial charge in [-0.3, -0.25) is 9.59 Å². The number of aliphatic hydroxyl groups excluding tert-OH is 2. The van der Waals surface area contributed by atoms with E-state index in [2.05, 4.69) is 55.6 Å². The van der Waals surface area contributed by atoms with E-state index in [1.165, 1.54) is 135 Å². The molecule has 0 aliphatic carbocycles. The van der Waals surface area contributed by atoms with Crippen LogP contribution in [0.2, 0.25) is 0 Å². The fraction of sp³-hybridized carbons (Fsp3) is 0.818. The Labute approximate surface area is 378 Å². The number of esters is 1. The first kappa shape index (κ1) is 58.8. The van der Waals surface area contributed by atoms with Crippen molar-refractivity contribution in [2.45, 2.75) is 276 Å². The van der Waals surface area contributed by atoms with Crippen molar-refractivity contribution in [3.63, 3.8) is 0 Å². The highest BCUT2D eigenvalue weighted by atomic mass is 16.5. The predicted octanol–water partition coefficient (Wildman–Crippen LogP) is 15.8. The van der Waals surface area contributed by atoms with E-state index in [1.54, 1.807) is 6.08 Å². The van der Waals surface area contributed by atoms with Gasteiger partial charge in [0.1, 0.15) is 0 Å². The fourth-order valence-electron chi connectivity index (χ4n) is 7.72. The Hall–Kier alpha value is -2.18. The summed E-state index contributed by atoms with van der Waals surface area (Å²) in [6.07, 6.45) is 62.6. The zero-order valence-electron chi connectivity index (χ0n) is 40.4. The first-order valence-electron chi connectivity index (χ1n) is 26.4. The van der Waals surface area contributed by atoms with Gasteiger partial charge in [-0.15, -0.1) is 0 Å².